The summed E-state index contributed by atoms with van der Waals surface area (Å²) in [6.45, 7) is 6.19. The highest BCUT2D eigenvalue weighted by molar-refractivity contribution is 7.99. The van der Waals surface area contributed by atoms with Gasteiger partial charge in [-0.1, -0.05) is 60.6 Å². The molecule has 0 saturated heterocycles. The van der Waals surface area contributed by atoms with Crippen LogP contribution in [0.4, 0.5) is 0 Å². The maximum atomic E-state index is 5.85. The molecule has 0 spiro atoms. The Kier molecular flexibility index (Phi) is 5.25. The number of nitrogens with one attached hydrogen (secondary N) is 1. The molecule has 142 valence electrons. The van der Waals surface area contributed by atoms with Crippen LogP contribution in [0.2, 0.25) is 0 Å². The molecule has 0 bridgehead atoms. The monoisotopic (exact) mass is 391 g/mol. The minimum atomic E-state index is -0.0576. The van der Waals surface area contributed by atoms with Crippen LogP contribution in [0.15, 0.2) is 58.1 Å². The maximum Gasteiger partial charge on any atom is 0.247 e. The Morgan fingerprint density at radius 2 is 1.71 bits per heavy atom. The van der Waals surface area contributed by atoms with Crippen molar-refractivity contribution < 1.29 is 4.42 Å². The number of aromatic nitrogens is 5. The third-order valence-corrected chi connectivity index (χ3v) is 5.42. The van der Waals surface area contributed by atoms with Crippen LogP contribution >= 0.6 is 11.8 Å². The molecule has 6 nitrogen and oxygen atoms in total. The zero-order chi connectivity index (χ0) is 19.5. The molecule has 2 aromatic heterocycles. The molecular formula is C21H21N5OS. The molecule has 2 heterocycles. The molecule has 0 aliphatic heterocycles. The summed E-state index contributed by atoms with van der Waals surface area (Å²) in [5.74, 6) is 1.83. The van der Waals surface area contributed by atoms with E-state index in [-0.39, 0.29) is 5.25 Å². The predicted molar refractivity (Wildman–Crippen MR) is 110 cm³/mol. The summed E-state index contributed by atoms with van der Waals surface area (Å²) in [7, 11) is 0. The lowest BCUT2D eigenvalue weighted by Gasteiger charge is -2.02. The third kappa shape index (κ3) is 3.99. The predicted octanol–water partition coefficient (Wildman–Crippen LogP) is 5.25. The van der Waals surface area contributed by atoms with Crippen LogP contribution in [0, 0.1) is 6.92 Å². The van der Waals surface area contributed by atoms with E-state index in [1.807, 2.05) is 38.1 Å². The lowest BCUT2D eigenvalue weighted by atomic mass is 10.1. The molecule has 7 heteroatoms. The SMILES string of the molecule is CCc1ccc(-c2nc(S[C@H](C)c3nnc(-c4ccc(C)cc4)o3)n[nH]2)cc1. The van der Waals surface area contributed by atoms with Gasteiger partial charge in [-0.3, -0.25) is 5.10 Å². The van der Waals surface area contributed by atoms with Gasteiger partial charge in [0, 0.05) is 11.1 Å². The van der Waals surface area contributed by atoms with Crippen molar-refractivity contribution in [3.63, 3.8) is 0 Å². The van der Waals surface area contributed by atoms with Gasteiger partial charge in [-0.25, -0.2) is 4.98 Å². The van der Waals surface area contributed by atoms with E-state index in [0.29, 0.717) is 16.9 Å². The number of nitrogens with zero attached hydrogens (tertiary/aromatic N) is 4. The molecule has 0 aliphatic rings. The Bertz CT molecular complexity index is 1050. The maximum absolute atomic E-state index is 5.85. The molecule has 0 unspecified atom stereocenters. The summed E-state index contributed by atoms with van der Waals surface area (Å²) >= 11 is 1.48. The van der Waals surface area contributed by atoms with Crippen LogP contribution in [-0.4, -0.2) is 25.4 Å². The van der Waals surface area contributed by atoms with Gasteiger partial charge in [0.2, 0.25) is 16.9 Å². The second-order valence-corrected chi connectivity index (χ2v) is 7.90. The van der Waals surface area contributed by atoms with Crippen molar-refractivity contribution in [3.05, 3.63) is 65.5 Å². The minimum absolute atomic E-state index is 0.0576. The fraction of sp³-hybridized carbons (Fsp3) is 0.238. The quantitative estimate of drug-likeness (QED) is 0.452. The van der Waals surface area contributed by atoms with Crippen LogP contribution < -0.4 is 0 Å². The Balaban J connectivity index is 1.46. The Hall–Kier alpha value is -2.93. The highest BCUT2D eigenvalue weighted by Crippen LogP contribution is 2.34. The summed E-state index contributed by atoms with van der Waals surface area (Å²) in [6, 6.07) is 16.4. The molecule has 4 rings (SSSR count). The number of rotatable bonds is 6. The van der Waals surface area contributed by atoms with Gasteiger partial charge >= 0.3 is 0 Å². The van der Waals surface area contributed by atoms with E-state index in [2.05, 4.69) is 56.6 Å². The molecule has 0 saturated carbocycles. The highest BCUT2D eigenvalue weighted by Gasteiger charge is 2.18. The van der Waals surface area contributed by atoms with E-state index in [9.17, 15) is 0 Å². The number of hydrogen-bond donors (Lipinski definition) is 1. The first-order chi connectivity index (χ1) is 13.6. The van der Waals surface area contributed by atoms with Crippen molar-refractivity contribution in [1.82, 2.24) is 25.4 Å². The van der Waals surface area contributed by atoms with Crippen LogP contribution in [-0.2, 0) is 6.42 Å². The van der Waals surface area contributed by atoms with Crippen LogP contribution in [0.1, 0.15) is 36.1 Å². The molecule has 28 heavy (non-hydrogen) atoms. The second-order valence-electron chi connectivity index (χ2n) is 6.59. The molecule has 0 aliphatic carbocycles. The molecule has 2 aromatic carbocycles. The van der Waals surface area contributed by atoms with Gasteiger partial charge in [-0.15, -0.1) is 15.3 Å². The second kappa shape index (κ2) is 7.98. The average Bonchev–Trinajstić information content (AvgIpc) is 3.39. The fourth-order valence-corrected chi connectivity index (χ4v) is 3.50. The largest absolute Gasteiger partial charge is 0.419 e. The lowest BCUT2D eigenvalue weighted by molar-refractivity contribution is 0.509. The molecule has 0 fully saturated rings. The van der Waals surface area contributed by atoms with Crippen molar-refractivity contribution in [1.29, 1.82) is 0 Å². The number of hydrogen-bond acceptors (Lipinski definition) is 6. The molecule has 4 aromatic rings. The van der Waals surface area contributed by atoms with E-state index >= 15 is 0 Å². The van der Waals surface area contributed by atoms with Gasteiger partial charge < -0.3 is 4.42 Å². The van der Waals surface area contributed by atoms with Gasteiger partial charge in [0.25, 0.3) is 0 Å². The first-order valence-electron chi connectivity index (χ1n) is 9.21. The van der Waals surface area contributed by atoms with Gasteiger partial charge in [0.1, 0.15) is 0 Å². The van der Waals surface area contributed by atoms with E-state index in [1.54, 1.807) is 0 Å². The Morgan fingerprint density at radius 3 is 2.43 bits per heavy atom. The average molecular weight is 392 g/mol. The Labute approximate surface area is 167 Å². The smallest absolute Gasteiger partial charge is 0.247 e. The normalized spacial score (nSPS) is 12.2. The fourth-order valence-electron chi connectivity index (χ4n) is 2.75. The zero-order valence-electron chi connectivity index (χ0n) is 16.0. The number of aromatic amines is 1. The standard InChI is InChI=1S/C21H21N5OS/c1-4-15-7-11-16(12-8-15)18-22-21(26-23-18)28-14(3)19-24-25-20(27-19)17-9-5-13(2)6-10-17/h5-12,14H,4H2,1-3H3,(H,22,23,26)/t14-/m1/s1. The van der Waals surface area contributed by atoms with Crippen molar-refractivity contribution in [2.24, 2.45) is 0 Å². The van der Waals surface area contributed by atoms with Crippen LogP contribution in [0.5, 0.6) is 0 Å². The molecular weight excluding hydrogens is 370 g/mol. The number of thioether (sulfide) groups is 1. The van der Waals surface area contributed by atoms with Gasteiger partial charge in [0.05, 0.1) is 5.25 Å². The van der Waals surface area contributed by atoms with Gasteiger partial charge in [-0.2, -0.15) is 0 Å². The van der Waals surface area contributed by atoms with E-state index < -0.39 is 0 Å². The first-order valence-corrected chi connectivity index (χ1v) is 10.1. The molecule has 1 atom stereocenters. The van der Waals surface area contributed by atoms with Crippen molar-refractivity contribution in [2.75, 3.05) is 0 Å². The third-order valence-electron chi connectivity index (χ3n) is 4.47. The summed E-state index contributed by atoms with van der Waals surface area (Å²) < 4.78 is 5.85. The topological polar surface area (TPSA) is 80.5 Å². The van der Waals surface area contributed by atoms with Gasteiger partial charge in [0.15, 0.2) is 5.82 Å². The van der Waals surface area contributed by atoms with Crippen LogP contribution in [0.3, 0.4) is 0 Å². The van der Waals surface area contributed by atoms with E-state index in [0.717, 1.165) is 23.4 Å². The highest BCUT2D eigenvalue weighted by atomic mass is 32.2. The zero-order valence-corrected chi connectivity index (χ0v) is 16.8. The first kappa shape index (κ1) is 18.4. The molecule has 1 N–H and O–H groups in total. The van der Waals surface area contributed by atoms with Gasteiger partial charge in [-0.05, 0) is 38.0 Å². The summed E-state index contributed by atoms with van der Waals surface area (Å²) in [5.41, 5.74) is 4.42. The van der Waals surface area contributed by atoms with Crippen molar-refractivity contribution in [2.45, 2.75) is 37.6 Å². The van der Waals surface area contributed by atoms with E-state index in [4.69, 9.17) is 4.42 Å². The molecule has 0 amide bonds. The van der Waals surface area contributed by atoms with E-state index in [1.165, 1.54) is 22.9 Å². The molecule has 0 radical (unpaired) electrons. The summed E-state index contributed by atoms with van der Waals surface area (Å²) in [4.78, 5) is 4.58. The number of aryl methyl sites for hydroxylation is 2. The van der Waals surface area contributed by atoms with Crippen LogP contribution in [0.25, 0.3) is 22.8 Å². The number of H-pyrrole nitrogens is 1. The van der Waals surface area contributed by atoms with Crippen molar-refractivity contribution >= 4 is 11.8 Å². The number of benzene rings is 2. The van der Waals surface area contributed by atoms with Crippen molar-refractivity contribution in [3.8, 4) is 22.8 Å². The minimum Gasteiger partial charge on any atom is -0.419 e. The summed E-state index contributed by atoms with van der Waals surface area (Å²) in [5, 5.41) is 16.3. The Morgan fingerprint density at radius 1 is 1.00 bits per heavy atom. The lowest BCUT2D eigenvalue weighted by Crippen LogP contribution is -1.89. The summed E-state index contributed by atoms with van der Waals surface area (Å²) in [6.07, 6.45) is 1.02.